The number of phenols is 1. The van der Waals surface area contributed by atoms with E-state index in [2.05, 4.69) is 0 Å². The first-order valence-corrected chi connectivity index (χ1v) is 4.54. The van der Waals surface area contributed by atoms with Crippen molar-refractivity contribution in [3.8, 4) is 11.5 Å². The van der Waals surface area contributed by atoms with Crippen molar-refractivity contribution in [2.45, 2.75) is 12.0 Å². The topological polar surface area (TPSA) is 75.7 Å². The maximum absolute atomic E-state index is 13.2. The highest BCUT2D eigenvalue weighted by Gasteiger charge is 2.40. The van der Waals surface area contributed by atoms with Crippen LogP contribution in [0.3, 0.4) is 0 Å². The average molecular weight is 233 g/mol. The second-order valence-electron chi connectivity index (χ2n) is 3.29. The molecule has 0 aromatic heterocycles. The third-order valence-corrected chi connectivity index (χ3v) is 2.24. The number of hydrogen-bond donors (Lipinski definition) is 3. The Kier molecular flexibility index (Phi) is 3.66. The van der Waals surface area contributed by atoms with Gasteiger partial charge in [-0.15, -0.1) is 0 Å². The Hall–Kier alpha value is -1.40. The van der Waals surface area contributed by atoms with Crippen LogP contribution in [0.25, 0.3) is 0 Å². The van der Waals surface area contributed by atoms with Gasteiger partial charge in [0.05, 0.1) is 12.7 Å². The highest BCUT2D eigenvalue weighted by molar-refractivity contribution is 5.46. The molecule has 1 rings (SSSR count). The van der Waals surface area contributed by atoms with Gasteiger partial charge in [0.25, 0.3) is 5.92 Å². The second kappa shape index (κ2) is 4.63. The molecule has 1 aromatic rings. The van der Waals surface area contributed by atoms with Crippen LogP contribution in [0.1, 0.15) is 11.6 Å². The maximum Gasteiger partial charge on any atom is 0.289 e. The van der Waals surface area contributed by atoms with E-state index in [9.17, 15) is 13.9 Å². The number of phenolic OH excluding ortho intramolecular Hbond substituents is 1. The number of benzene rings is 1. The lowest BCUT2D eigenvalue weighted by atomic mass is 10.00. The Labute approximate surface area is 91.3 Å². The number of rotatable bonds is 4. The van der Waals surface area contributed by atoms with Crippen LogP contribution >= 0.6 is 0 Å². The van der Waals surface area contributed by atoms with Gasteiger partial charge in [-0.2, -0.15) is 0 Å². The highest BCUT2D eigenvalue weighted by Crippen LogP contribution is 2.39. The number of nitrogens with two attached hydrogens (primary N) is 1. The molecule has 4 N–H and O–H groups in total. The number of alkyl halides is 2. The lowest BCUT2D eigenvalue weighted by Crippen LogP contribution is -2.36. The van der Waals surface area contributed by atoms with Crippen LogP contribution < -0.4 is 10.5 Å². The van der Waals surface area contributed by atoms with Crippen molar-refractivity contribution >= 4 is 0 Å². The third kappa shape index (κ3) is 2.23. The summed E-state index contributed by atoms with van der Waals surface area (Å²) >= 11 is 0. The van der Waals surface area contributed by atoms with Crippen LogP contribution in [-0.2, 0) is 0 Å². The standard InChI is InChI=1S/C10H13F2NO3/c1-16-7-4-2-3-6(15)8(7)9(13)10(11,12)5-14/h2-4,9,14-15H,5,13H2,1H3/t9-/m0/s1. The summed E-state index contributed by atoms with van der Waals surface area (Å²) in [5, 5.41) is 18.0. The van der Waals surface area contributed by atoms with Crippen LogP contribution in [-0.4, -0.2) is 29.9 Å². The number of hydrogen-bond acceptors (Lipinski definition) is 4. The highest BCUT2D eigenvalue weighted by atomic mass is 19.3. The van der Waals surface area contributed by atoms with E-state index in [-0.39, 0.29) is 17.1 Å². The number of aliphatic hydroxyl groups is 1. The summed E-state index contributed by atoms with van der Waals surface area (Å²) in [6, 6.07) is 2.25. The number of ether oxygens (including phenoxy) is 1. The fourth-order valence-electron chi connectivity index (χ4n) is 1.33. The minimum Gasteiger partial charge on any atom is -0.507 e. The van der Waals surface area contributed by atoms with Crippen molar-refractivity contribution in [2.24, 2.45) is 5.73 Å². The molecule has 1 aromatic carbocycles. The molecular formula is C10H13F2NO3. The van der Waals surface area contributed by atoms with Gasteiger partial charge in [0, 0.05) is 0 Å². The normalized spacial score (nSPS) is 13.6. The minimum atomic E-state index is -3.52. The summed E-state index contributed by atoms with van der Waals surface area (Å²) in [4.78, 5) is 0. The fourth-order valence-corrected chi connectivity index (χ4v) is 1.33. The van der Waals surface area contributed by atoms with Crippen molar-refractivity contribution in [3.05, 3.63) is 23.8 Å². The summed E-state index contributed by atoms with van der Waals surface area (Å²) in [5.41, 5.74) is 5.09. The Morgan fingerprint density at radius 3 is 2.62 bits per heavy atom. The molecule has 0 unspecified atom stereocenters. The van der Waals surface area contributed by atoms with Gasteiger partial charge in [-0.25, -0.2) is 8.78 Å². The van der Waals surface area contributed by atoms with Gasteiger partial charge in [0.15, 0.2) is 0 Å². The summed E-state index contributed by atoms with van der Waals surface area (Å²) in [7, 11) is 1.28. The van der Waals surface area contributed by atoms with E-state index in [4.69, 9.17) is 15.6 Å². The van der Waals surface area contributed by atoms with Crippen molar-refractivity contribution in [3.63, 3.8) is 0 Å². The molecule has 0 amide bonds. The predicted octanol–water partition coefficient (Wildman–Crippen LogP) is 1.03. The molecule has 0 heterocycles. The van der Waals surface area contributed by atoms with E-state index in [1.165, 1.54) is 25.3 Å². The van der Waals surface area contributed by atoms with E-state index in [0.29, 0.717) is 0 Å². The van der Waals surface area contributed by atoms with Crippen molar-refractivity contribution in [2.75, 3.05) is 13.7 Å². The van der Waals surface area contributed by atoms with Gasteiger partial charge in [-0.05, 0) is 12.1 Å². The maximum atomic E-state index is 13.2. The van der Waals surface area contributed by atoms with Gasteiger partial charge in [0.2, 0.25) is 0 Å². The van der Waals surface area contributed by atoms with Crippen LogP contribution in [0, 0.1) is 0 Å². The molecule has 0 spiro atoms. The molecule has 0 bridgehead atoms. The van der Waals surface area contributed by atoms with Crippen molar-refractivity contribution in [1.29, 1.82) is 0 Å². The van der Waals surface area contributed by atoms with E-state index in [1.807, 2.05) is 0 Å². The summed E-state index contributed by atoms with van der Waals surface area (Å²) in [6.07, 6.45) is 0. The Morgan fingerprint density at radius 2 is 2.12 bits per heavy atom. The van der Waals surface area contributed by atoms with Gasteiger partial charge >= 0.3 is 0 Å². The lowest BCUT2D eigenvalue weighted by Gasteiger charge is -2.23. The van der Waals surface area contributed by atoms with Crippen molar-refractivity contribution in [1.82, 2.24) is 0 Å². The van der Waals surface area contributed by atoms with Crippen LogP contribution in [0.5, 0.6) is 11.5 Å². The number of halogens is 2. The fraction of sp³-hybridized carbons (Fsp3) is 0.400. The van der Waals surface area contributed by atoms with Crippen LogP contribution in [0.15, 0.2) is 18.2 Å². The first-order valence-electron chi connectivity index (χ1n) is 4.54. The molecule has 0 fully saturated rings. The SMILES string of the molecule is COc1cccc(O)c1[C@H](N)C(F)(F)CO. The molecule has 0 saturated heterocycles. The van der Waals surface area contributed by atoms with Gasteiger partial charge in [0.1, 0.15) is 24.1 Å². The Bertz CT molecular complexity index is 371. The molecule has 0 aliphatic heterocycles. The molecule has 0 aliphatic rings. The molecule has 0 saturated carbocycles. The number of methoxy groups -OCH3 is 1. The van der Waals surface area contributed by atoms with Gasteiger partial charge in [-0.1, -0.05) is 6.07 Å². The van der Waals surface area contributed by atoms with Gasteiger partial charge < -0.3 is 20.7 Å². The van der Waals surface area contributed by atoms with Crippen LogP contribution in [0.2, 0.25) is 0 Å². The molecular weight excluding hydrogens is 220 g/mol. The molecule has 1 atom stereocenters. The molecule has 90 valence electrons. The summed E-state index contributed by atoms with van der Waals surface area (Å²) in [5.74, 6) is -3.85. The third-order valence-electron chi connectivity index (χ3n) is 2.24. The first kappa shape index (κ1) is 12.7. The first-order chi connectivity index (χ1) is 7.44. The molecule has 4 nitrogen and oxygen atoms in total. The monoisotopic (exact) mass is 233 g/mol. The number of aliphatic hydroxyl groups excluding tert-OH is 1. The van der Waals surface area contributed by atoms with E-state index in [1.54, 1.807) is 0 Å². The zero-order chi connectivity index (χ0) is 12.3. The molecule has 0 radical (unpaired) electrons. The zero-order valence-electron chi connectivity index (χ0n) is 8.65. The van der Waals surface area contributed by atoms with Crippen molar-refractivity contribution < 1.29 is 23.7 Å². The average Bonchev–Trinajstić information content (AvgIpc) is 2.27. The lowest BCUT2D eigenvalue weighted by molar-refractivity contribution is -0.0719. The quantitative estimate of drug-likeness (QED) is 0.726. The number of aromatic hydroxyl groups is 1. The second-order valence-corrected chi connectivity index (χ2v) is 3.29. The summed E-state index contributed by atoms with van der Waals surface area (Å²) < 4.78 is 31.2. The van der Waals surface area contributed by atoms with E-state index < -0.39 is 18.6 Å². The molecule has 6 heteroatoms. The smallest absolute Gasteiger partial charge is 0.289 e. The molecule has 16 heavy (non-hydrogen) atoms. The zero-order valence-corrected chi connectivity index (χ0v) is 8.65. The van der Waals surface area contributed by atoms with Crippen LogP contribution in [0.4, 0.5) is 8.78 Å². The predicted molar refractivity (Wildman–Crippen MR) is 53.6 cm³/mol. The minimum absolute atomic E-state index is 0.0561. The van der Waals surface area contributed by atoms with E-state index >= 15 is 0 Å². The Morgan fingerprint density at radius 1 is 1.50 bits per heavy atom. The molecule has 0 aliphatic carbocycles. The summed E-state index contributed by atoms with van der Waals surface area (Å²) in [6.45, 7) is -1.40. The van der Waals surface area contributed by atoms with E-state index in [0.717, 1.165) is 0 Å². The Balaban J connectivity index is 3.21. The largest absolute Gasteiger partial charge is 0.507 e. The van der Waals surface area contributed by atoms with Gasteiger partial charge in [-0.3, -0.25) is 0 Å².